The second kappa shape index (κ2) is 8.64. The fourth-order valence-electron chi connectivity index (χ4n) is 6.38. The molecular weight excluding hydrogens is 440 g/mol. The standard InChI is InChI=1S/C28H36N4O3/c1-30(2)28(22-7-4-3-5-8-22)17-15-26(16-18-28)19-31(23-11-9-21(10-12-23)24(29)33)25(34)32(26)20-27(35)13-6-14-27/h3-5,7-12,35H,6,13-20H2,1-2H3,(H2,29,33)/t26-,28+. The lowest BCUT2D eigenvalue weighted by Crippen LogP contribution is -2.59. The number of benzene rings is 2. The molecule has 5 rings (SSSR count). The first kappa shape index (κ1) is 23.8. The van der Waals surface area contributed by atoms with Crippen LogP contribution in [0.15, 0.2) is 54.6 Å². The van der Waals surface area contributed by atoms with Gasteiger partial charge in [-0.1, -0.05) is 30.3 Å². The van der Waals surface area contributed by atoms with Crippen molar-refractivity contribution in [2.75, 3.05) is 32.1 Å². The second-order valence-corrected chi connectivity index (χ2v) is 11.0. The summed E-state index contributed by atoms with van der Waals surface area (Å²) in [6, 6.07) is 17.5. The van der Waals surface area contributed by atoms with E-state index in [9.17, 15) is 14.7 Å². The van der Waals surface area contributed by atoms with E-state index in [0.29, 0.717) is 18.7 Å². The summed E-state index contributed by atoms with van der Waals surface area (Å²) >= 11 is 0. The number of hydrogen-bond donors (Lipinski definition) is 2. The molecule has 0 atom stereocenters. The summed E-state index contributed by atoms with van der Waals surface area (Å²) in [6.07, 6.45) is 6.07. The first-order valence-electron chi connectivity index (χ1n) is 12.6. The van der Waals surface area contributed by atoms with Crippen LogP contribution in [0.3, 0.4) is 0 Å². The van der Waals surface area contributed by atoms with Gasteiger partial charge in [0.15, 0.2) is 0 Å². The fraction of sp³-hybridized carbons (Fsp3) is 0.500. The van der Waals surface area contributed by atoms with Gasteiger partial charge in [0.1, 0.15) is 0 Å². The van der Waals surface area contributed by atoms with Gasteiger partial charge in [0.2, 0.25) is 5.91 Å². The van der Waals surface area contributed by atoms with Gasteiger partial charge in [-0.3, -0.25) is 14.6 Å². The molecule has 7 nitrogen and oxygen atoms in total. The van der Waals surface area contributed by atoms with Gasteiger partial charge in [-0.2, -0.15) is 0 Å². The molecule has 7 heteroatoms. The number of anilines is 1. The molecule has 1 heterocycles. The molecule has 1 saturated heterocycles. The van der Waals surface area contributed by atoms with Crippen LogP contribution in [0.25, 0.3) is 0 Å². The molecular formula is C28H36N4O3. The summed E-state index contributed by atoms with van der Waals surface area (Å²) in [5, 5.41) is 11.1. The predicted octanol–water partition coefficient (Wildman–Crippen LogP) is 3.71. The van der Waals surface area contributed by atoms with Crippen LogP contribution in [0.5, 0.6) is 0 Å². The SMILES string of the molecule is CN(C)[C@]1(c2ccccc2)CC[C@]2(CC1)CN(c1ccc(C(N)=O)cc1)C(=O)N2CC1(O)CCC1. The van der Waals surface area contributed by atoms with Gasteiger partial charge in [0, 0.05) is 16.8 Å². The third kappa shape index (κ3) is 4.00. The maximum atomic E-state index is 13.8. The molecule has 0 bridgehead atoms. The number of rotatable bonds is 6. The quantitative estimate of drug-likeness (QED) is 0.665. The van der Waals surface area contributed by atoms with Gasteiger partial charge in [0.25, 0.3) is 0 Å². The summed E-state index contributed by atoms with van der Waals surface area (Å²) in [4.78, 5) is 31.5. The highest BCUT2D eigenvalue weighted by molar-refractivity contribution is 5.97. The highest BCUT2D eigenvalue weighted by Crippen LogP contribution is 2.50. The summed E-state index contributed by atoms with van der Waals surface area (Å²) in [7, 11) is 4.29. The summed E-state index contributed by atoms with van der Waals surface area (Å²) in [5.41, 5.74) is 6.70. The molecule has 35 heavy (non-hydrogen) atoms. The first-order chi connectivity index (χ1) is 16.7. The van der Waals surface area contributed by atoms with E-state index in [4.69, 9.17) is 5.73 Å². The van der Waals surface area contributed by atoms with Gasteiger partial charge < -0.3 is 15.7 Å². The molecule has 0 aromatic heterocycles. The highest BCUT2D eigenvalue weighted by atomic mass is 16.3. The van der Waals surface area contributed by atoms with Crippen LogP contribution >= 0.6 is 0 Å². The van der Waals surface area contributed by atoms with Crippen molar-refractivity contribution in [3.8, 4) is 0 Å². The van der Waals surface area contributed by atoms with Crippen LogP contribution in [-0.4, -0.2) is 65.2 Å². The molecule has 1 aliphatic heterocycles. The Bertz CT molecular complexity index is 1090. The Balaban J connectivity index is 1.46. The molecule has 0 radical (unpaired) electrons. The summed E-state index contributed by atoms with van der Waals surface area (Å²) in [5.74, 6) is -0.484. The molecule has 2 aromatic rings. The van der Waals surface area contributed by atoms with Crippen molar-refractivity contribution in [1.82, 2.24) is 9.80 Å². The van der Waals surface area contributed by atoms with Crippen LogP contribution in [-0.2, 0) is 5.54 Å². The molecule has 0 unspecified atom stereocenters. The Kier molecular flexibility index (Phi) is 5.88. The van der Waals surface area contributed by atoms with Crippen molar-refractivity contribution < 1.29 is 14.7 Å². The van der Waals surface area contributed by atoms with Crippen molar-refractivity contribution in [2.24, 2.45) is 5.73 Å². The minimum Gasteiger partial charge on any atom is -0.388 e. The minimum atomic E-state index is -0.788. The molecule has 3 aliphatic rings. The summed E-state index contributed by atoms with van der Waals surface area (Å²) < 4.78 is 0. The first-order valence-corrected chi connectivity index (χ1v) is 12.6. The van der Waals surface area contributed by atoms with Crippen molar-refractivity contribution >= 4 is 17.6 Å². The van der Waals surface area contributed by atoms with E-state index < -0.39 is 11.5 Å². The zero-order valence-electron chi connectivity index (χ0n) is 20.7. The van der Waals surface area contributed by atoms with Gasteiger partial charge >= 0.3 is 6.03 Å². The second-order valence-electron chi connectivity index (χ2n) is 11.0. The number of nitrogens with two attached hydrogens (primary N) is 1. The number of carbonyl (C=O) groups is 2. The van der Waals surface area contributed by atoms with Crippen molar-refractivity contribution in [3.63, 3.8) is 0 Å². The number of amides is 3. The lowest BCUT2D eigenvalue weighted by molar-refractivity contribution is -0.0725. The smallest absolute Gasteiger partial charge is 0.325 e. The third-order valence-corrected chi connectivity index (χ3v) is 8.86. The normalized spacial score (nSPS) is 27.9. The van der Waals surface area contributed by atoms with E-state index in [0.717, 1.165) is 50.6 Å². The highest BCUT2D eigenvalue weighted by Gasteiger charge is 2.56. The Labute approximate surface area is 207 Å². The average Bonchev–Trinajstić information content (AvgIpc) is 3.10. The van der Waals surface area contributed by atoms with Crippen LogP contribution < -0.4 is 10.6 Å². The van der Waals surface area contributed by atoms with Gasteiger partial charge in [0.05, 0.1) is 24.2 Å². The van der Waals surface area contributed by atoms with Crippen molar-refractivity contribution in [1.29, 1.82) is 0 Å². The lowest BCUT2D eigenvalue weighted by atomic mass is 9.67. The van der Waals surface area contributed by atoms with E-state index in [-0.39, 0.29) is 17.1 Å². The minimum absolute atomic E-state index is 0.0609. The monoisotopic (exact) mass is 476 g/mol. The van der Waals surface area contributed by atoms with Crippen LogP contribution in [0.1, 0.15) is 60.9 Å². The maximum Gasteiger partial charge on any atom is 0.325 e. The summed E-state index contributed by atoms with van der Waals surface area (Å²) in [6.45, 7) is 0.956. The maximum absolute atomic E-state index is 13.8. The number of β-amino-alcohol motifs (C(OH)–C–C–N with tert-alkyl or cyclic N) is 1. The molecule has 3 amide bonds. The van der Waals surface area contributed by atoms with Crippen LogP contribution in [0, 0.1) is 0 Å². The number of carbonyl (C=O) groups excluding carboxylic acids is 2. The largest absolute Gasteiger partial charge is 0.388 e. The molecule has 3 N–H and O–H groups in total. The van der Waals surface area contributed by atoms with Gasteiger partial charge in [-0.15, -0.1) is 0 Å². The number of primary amides is 1. The fourth-order valence-corrected chi connectivity index (χ4v) is 6.38. The number of aliphatic hydroxyl groups is 1. The van der Waals surface area contributed by atoms with E-state index in [1.807, 2.05) is 9.80 Å². The number of nitrogens with zero attached hydrogens (tertiary/aromatic N) is 3. The third-order valence-electron chi connectivity index (χ3n) is 8.86. The number of hydrogen-bond acceptors (Lipinski definition) is 4. The Morgan fingerprint density at radius 1 is 0.971 bits per heavy atom. The van der Waals surface area contributed by atoms with Crippen molar-refractivity contribution in [3.05, 3.63) is 65.7 Å². The van der Waals surface area contributed by atoms with Gasteiger partial charge in [-0.25, -0.2) is 4.79 Å². The Morgan fingerprint density at radius 2 is 1.60 bits per heavy atom. The van der Waals surface area contributed by atoms with Crippen LogP contribution in [0.2, 0.25) is 0 Å². The molecule has 2 aliphatic carbocycles. The topological polar surface area (TPSA) is 90.1 Å². The zero-order valence-corrected chi connectivity index (χ0v) is 20.7. The van der Waals surface area contributed by atoms with Crippen molar-refractivity contribution in [2.45, 2.75) is 61.6 Å². The zero-order chi connectivity index (χ0) is 24.8. The predicted molar refractivity (Wildman–Crippen MR) is 136 cm³/mol. The molecule has 2 aromatic carbocycles. The number of urea groups is 1. The van der Waals surface area contributed by atoms with E-state index >= 15 is 0 Å². The Morgan fingerprint density at radius 3 is 2.11 bits per heavy atom. The van der Waals surface area contributed by atoms with E-state index in [1.165, 1.54) is 5.56 Å². The molecule has 3 fully saturated rings. The molecule has 2 saturated carbocycles. The van der Waals surface area contributed by atoms with Gasteiger partial charge in [-0.05, 0) is 88.9 Å². The molecule has 186 valence electrons. The Hall–Kier alpha value is -2.90. The van der Waals surface area contributed by atoms with E-state index in [2.05, 4.69) is 49.3 Å². The van der Waals surface area contributed by atoms with Crippen LogP contribution in [0.4, 0.5) is 10.5 Å². The lowest BCUT2D eigenvalue weighted by Gasteiger charge is -2.52. The van der Waals surface area contributed by atoms with E-state index in [1.54, 1.807) is 24.3 Å². The molecule has 1 spiro atoms. The average molecular weight is 477 g/mol.